The molecule has 1 rings (SSSR count). The van der Waals surface area contributed by atoms with Crippen LogP contribution >= 0.6 is 11.6 Å². The van der Waals surface area contributed by atoms with Gasteiger partial charge in [0.1, 0.15) is 11.9 Å². The quantitative estimate of drug-likeness (QED) is 0.507. The number of halogens is 5. The Morgan fingerprint density at radius 2 is 2.06 bits per heavy atom. The van der Waals surface area contributed by atoms with Crippen LogP contribution in [0.1, 0.15) is 5.56 Å². The molecule has 0 aliphatic heterocycles. The van der Waals surface area contributed by atoms with Crippen LogP contribution in [0.5, 0.6) is 0 Å². The van der Waals surface area contributed by atoms with Crippen molar-refractivity contribution in [1.29, 1.82) is 5.26 Å². The van der Waals surface area contributed by atoms with Crippen molar-refractivity contribution in [2.45, 2.75) is 6.18 Å². The number of hydrazone groups is 1. The highest BCUT2D eigenvalue weighted by atomic mass is 35.5. The SMILES string of the molecule is N#Cc1cc(NN=C(Cl)C(F)(F)F)ccc1F. The molecule has 0 aliphatic carbocycles. The first kappa shape index (κ1) is 13.3. The Kier molecular flexibility index (Phi) is 3.91. The molecule has 0 atom stereocenters. The Bertz CT molecular complexity index is 490. The number of rotatable bonds is 2. The van der Waals surface area contributed by atoms with E-state index in [2.05, 4.69) is 5.10 Å². The van der Waals surface area contributed by atoms with E-state index >= 15 is 0 Å². The predicted octanol–water partition coefficient (Wildman–Crippen LogP) is 3.22. The summed E-state index contributed by atoms with van der Waals surface area (Å²) in [5.74, 6) is -0.774. The lowest BCUT2D eigenvalue weighted by molar-refractivity contribution is -0.0559. The van der Waals surface area contributed by atoms with Crippen LogP contribution in [0, 0.1) is 17.1 Å². The van der Waals surface area contributed by atoms with Crippen molar-refractivity contribution in [2.24, 2.45) is 5.10 Å². The van der Waals surface area contributed by atoms with Gasteiger partial charge in [-0.2, -0.15) is 23.5 Å². The average molecular weight is 266 g/mol. The third kappa shape index (κ3) is 3.60. The van der Waals surface area contributed by atoms with Crippen LogP contribution in [0.25, 0.3) is 0 Å². The minimum absolute atomic E-state index is 0.0188. The van der Waals surface area contributed by atoms with Gasteiger partial charge in [-0.05, 0) is 18.2 Å². The average Bonchev–Trinajstić information content (AvgIpc) is 2.26. The van der Waals surface area contributed by atoms with Crippen LogP contribution in [-0.4, -0.2) is 11.3 Å². The number of nitrogens with zero attached hydrogens (tertiary/aromatic N) is 2. The molecule has 8 heteroatoms. The van der Waals surface area contributed by atoms with Crippen molar-refractivity contribution in [1.82, 2.24) is 0 Å². The summed E-state index contributed by atoms with van der Waals surface area (Å²) in [6.07, 6.45) is -4.76. The zero-order valence-electron chi connectivity index (χ0n) is 8.02. The molecule has 17 heavy (non-hydrogen) atoms. The maximum Gasteiger partial charge on any atom is 0.446 e. The Morgan fingerprint density at radius 3 is 2.59 bits per heavy atom. The molecule has 1 N–H and O–H groups in total. The second-order valence-corrected chi connectivity index (χ2v) is 3.18. The van der Waals surface area contributed by atoms with Gasteiger partial charge < -0.3 is 0 Å². The second kappa shape index (κ2) is 5.01. The Labute approximate surface area is 98.3 Å². The molecule has 0 unspecified atom stereocenters. The van der Waals surface area contributed by atoms with Gasteiger partial charge in [-0.25, -0.2) is 4.39 Å². The standard InChI is InChI=1S/C9H4ClF4N3/c10-8(9(12,13)14)17-16-6-1-2-7(11)5(3-6)4-15/h1-3,16H. The monoisotopic (exact) mass is 265 g/mol. The van der Waals surface area contributed by atoms with Crippen molar-refractivity contribution in [2.75, 3.05) is 5.43 Å². The fourth-order valence-corrected chi connectivity index (χ4v) is 0.900. The zero-order chi connectivity index (χ0) is 13.1. The Hall–Kier alpha value is -1.81. The molecule has 0 saturated heterocycles. The molecule has 0 amide bonds. The predicted molar refractivity (Wildman–Crippen MR) is 54.1 cm³/mol. The van der Waals surface area contributed by atoms with E-state index in [9.17, 15) is 17.6 Å². The summed E-state index contributed by atoms with van der Waals surface area (Å²) in [7, 11) is 0. The number of nitriles is 1. The lowest BCUT2D eigenvalue weighted by atomic mass is 10.2. The maximum absolute atomic E-state index is 12.9. The van der Waals surface area contributed by atoms with Crippen LogP contribution in [0.15, 0.2) is 23.3 Å². The third-order valence-corrected chi connectivity index (χ3v) is 1.90. The molecule has 0 fully saturated rings. The molecule has 0 radical (unpaired) electrons. The highest BCUT2D eigenvalue weighted by Crippen LogP contribution is 2.20. The minimum Gasteiger partial charge on any atom is -0.277 e. The van der Waals surface area contributed by atoms with E-state index in [1.807, 2.05) is 5.43 Å². The zero-order valence-corrected chi connectivity index (χ0v) is 8.77. The number of hydrogen-bond donors (Lipinski definition) is 1. The molecular formula is C9H4ClF4N3. The molecule has 0 bridgehead atoms. The van der Waals surface area contributed by atoms with Crippen LogP contribution in [0.2, 0.25) is 0 Å². The topological polar surface area (TPSA) is 48.2 Å². The number of nitrogens with one attached hydrogen (secondary N) is 1. The van der Waals surface area contributed by atoms with Gasteiger partial charge in [0.05, 0.1) is 11.3 Å². The van der Waals surface area contributed by atoms with Gasteiger partial charge >= 0.3 is 6.18 Å². The summed E-state index contributed by atoms with van der Waals surface area (Å²) in [5, 5.41) is 9.74. The highest BCUT2D eigenvalue weighted by molar-refractivity contribution is 6.66. The van der Waals surface area contributed by atoms with E-state index < -0.39 is 17.2 Å². The van der Waals surface area contributed by atoms with Gasteiger partial charge in [0, 0.05) is 0 Å². The van der Waals surface area contributed by atoms with Crippen LogP contribution in [0.4, 0.5) is 23.2 Å². The molecule has 1 aromatic carbocycles. The lowest BCUT2D eigenvalue weighted by Crippen LogP contribution is -2.18. The molecule has 0 aliphatic rings. The summed E-state index contributed by atoms with van der Waals surface area (Å²) in [5.41, 5.74) is 1.68. The molecule has 3 nitrogen and oxygen atoms in total. The maximum atomic E-state index is 12.9. The Balaban J connectivity index is 2.88. The summed E-state index contributed by atoms with van der Waals surface area (Å²) in [4.78, 5) is 0. The summed E-state index contributed by atoms with van der Waals surface area (Å²) in [6, 6.07) is 4.60. The molecule has 0 aromatic heterocycles. The van der Waals surface area contributed by atoms with Gasteiger partial charge in [-0.15, -0.1) is 0 Å². The van der Waals surface area contributed by atoms with Gasteiger partial charge in [-0.1, -0.05) is 11.6 Å². The first-order valence-electron chi connectivity index (χ1n) is 4.10. The van der Waals surface area contributed by atoms with Gasteiger partial charge in [-0.3, -0.25) is 5.43 Å². The smallest absolute Gasteiger partial charge is 0.277 e. The second-order valence-electron chi connectivity index (χ2n) is 2.82. The van der Waals surface area contributed by atoms with Crippen molar-refractivity contribution in [3.63, 3.8) is 0 Å². The largest absolute Gasteiger partial charge is 0.446 e. The van der Waals surface area contributed by atoms with Gasteiger partial charge in [0.2, 0.25) is 5.17 Å². The first-order chi connectivity index (χ1) is 7.84. The van der Waals surface area contributed by atoms with E-state index in [1.165, 1.54) is 6.07 Å². The molecule has 0 heterocycles. The van der Waals surface area contributed by atoms with Crippen LogP contribution in [-0.2, 0) is 0 Å². The fourth-order valence-electron chi connectivity index (χ4n) is 0.858. The van der Waals surface area contributed by atoms with E-state index in [4.69, 9.17) is 16.9 Å². The van der Waals surface area contributed by atoms with Crippen LogP contribution < -0.4 is 5.43 Å². The van der Waals surface area contributed by atoms with Gasteiger partial charge in [0.15, 0.2) is 0 Å². The van der Waals surface area contributed by atoms with E-state index in [0.29, 0.717) is 0 Å². The number of hydrogen-bond acceptors (Lipinski definition) is 3. The molecule has 1 aromatic rings. The number of anilines is 1. The van der Waals surface area contributed by atoms with Crippen molar-refractivity contribution in [3.8, 4) is 6.07 Å². The Morgan fingerprint density at radius 1 is 1.41 bits per heavy atom. The van der Waals surface area contributed by atoms with Crippen LogP contribution in [0.3, 0.4) is 0 Å². The summed E-state index contributed by atoms with van der Waals surface area (Å²) >= 11 is 4.84. The van der Waals surface area contributed by atoms with Crippen molar-refractivity contribution >= 4 is 22.5 Å². The third-order valence-electron chi connectivity index (χ3n) is 1.60. The number of benzene rings is 1. The van der Waals surface area contributed by atoms with E-state index in [0.717, 1.165) is 18.2 Å². The van der Waals surface area contributed by atoms with Crippen molar-refractivity contribution in [3.05, 3.63) is 29.6 Å². The highest BCUT2D eigenvalue weighted by Gasteiger charge is 2.34. The minimum atomic E-state index is -4.76. The lowest BCUT2D eigenvalue weighted by Gasteiger charge is -2.05. The van der Waals surface area contributed by atoms with Crippen molar-refractivity contribution < 1.29 is 17.6 Å². The van der Waals surface area contributed by atoms with Gasteiger partial charge in [0.25, 0.3) is 0 Å². The molecule has 0 spiro atoms. The fraction of sp³-hybridized carbons (Fsp3) is 0.111. The first-order valence-corrected chi connectivity index (χ1v) is 4.48. The molecular weight excluding hydrogens is 262 g/mol. The summed E-state index contributed by atoms with van der Waals surface area (Å²) < 4.78 is 48.7. The van der Waals surface area contributed by atoms with E-state index in [1.54, 1.807) is 0 Å². The summed E-state index contributed by atoms with van der Waals surface area (Å²) in [6.45, 7) is 0. The normalized spacial score (nSPS) is 12.1. The van der Waals surface area contributed by atoms with E-state index in [-0.39, 0.29) is 11.3 Å². The molecule has 90 valence electrons. The molecule has 0 saturated carbocycles. The number of alkyl halides is 3.